The predicted octanol–water partition coefficient (Wildman–Crippen LogP) is 2.45. The number of halogens is 3. The summed E-state index contributed by atoms with van der Waals surface area (Å²) >= 11 is 0. The number of ether oxygens (including phenoxy) is 1. The molecule has 0 amide bonds. The lowest BCUT2D eigenvalue weighted by molar-refractivity contribution is -0.273. The van der Waals surface area contributed by atoms with Crippen LogP contribution in [0.4, 0.5) is 13.2 Å². The van der Waals surface area contributed by atoms with Crippen LogP contribution in [0.5, 0.6) is 0 Å². The molecule has 0 radical (unpaired) electrons. The SMILES string of the molecule is CC1C(C2CC2)C(C(=O)O)OC1(C)C(F)(F)F. The van der Waals surface area contributed by atoms with Crippen LogP contribution in [0.25, 0.3) is 0 Å². The number of hydrogen-bond donors (Lipinski definition) is 1. The van der Waals surface area contributed by atoms with Gasteiger partial charge in [-0.2, -0.15) is 13.2 Å². The molecule has 4 unspecified atom stereocenters. The molecule has 0 aromatic carbocycles. The lowest BCUT2D eigenvalue weighted by atomic mass is 9.78. The van der Waals surface area contributed by atoms with Crippen molar-refractivity contribution in [2.75, 3.05) is 0 Å². The third-order valence-corrected chi connectivity index (χ3v) is 4.14. The summed E-state index contributed by atoms with van der Waals surface area (Å²) in [5, 5.41) is 8.98. The topological polar surface area (TPSA) is 46.5 Å². The van der Waals surface area contributed by atoms with Gasteiger partial charge in [0.15, 0.2) is 11.7 Å². The van der Waals surface area contributed by atoms with Crippen LogP contribution in [-0.2, 0) is 9.53 Å². The number of aliphatic carboxylic acids is 1. The van der Waals surface area contributed by atoms with E-state index in [4.69, 9.17) is 9.84 Å². The van der Waals surface area contributed by atoms with Gasteiger partial charge in [-0.05, 0) is 31.6 Å². The molecule has 2 aliphatic rings. The number of alkyl halides is 3. The largest absolute Gasteiger partial charge is 0.479 e. The summed E-state index contributed by atoms with van der Waals surface area (Å²) in [4.78, 5) is 11.0. The minimum atomic E-state index is -4.54. The Bertz CT molecular complexity index is 337. The summed E-state index contributed by atoms with van der Waals surface area (Å²) in [5.74, 6) is -2.58. The van der Waals surface area contributed by atoms with Crippen LogP contribution in [0.1, 0.15) is 26.7 Å². The Balaban J connectivity index is 2.31. The second kappa shape index (κ2) is 3.60. The van der Waals surface area contributed by atoms with Gasteiger partial charge in [0.2, 0.25) is 0 Å². The van der Waals surface area contributed by atoms with E-state index in [0.717, 1.165) is 19.8 Å². The molecule has 1 aliphatic heterocycles. The lowest BCUT2D eigenvalue weighted by Crippen LogP contribution is -2.47. The van der Waals surface area contributed by atoms with E-state index in [1.807, 2.05) is 0 Å². The molecule has 98 valence electrons. The molecular weight excluding hydrogens is 237 g/mol. The molecule has 3 nitrogen and oxygen atoms in total. The molecule has 0 bridgehead atoms. The van der Waals surface area contributed by atoms with E-state index in [9.17, 15) is 18.0 Å². The van der Waals surface area contributed by atoms with Crippen molar-refractivity contribution in [2.24, 2.45) is 17.8 Å². The first kappa shape index (κ1) is 12.7. The monoisotopic (exact) mass is 252 g/mol. The number of hydrogen-bond acceptors (Lipinski definition) is 2. The molecule has 0 aromatic heterocycles. The Morgan fingerprint density at radius 2 is 1.94 bits per heavy atom. The van der Waals surface area contributed by atoms with Gasteiger partial charge >= 0.3 is 12.1 Å². The zero-order chi connectivity index (χ0) is 13.0. The van der Waals surface area contributed by atoms with Gasteiger partial charge in [-0.3, -0.25) is 0 Å². The standard InChI is InChI=1S/C11H15F3O3/c1-5-7(6-3-4-6)8(9(15)16)17-10(5,2)11(12,13)14/h5-8H,3-4H2,1-2H3,(H,15,16). The maximum Gasteiger partial charge on any atom is 0.417 e. The average molecular weight is 252 g/mol. The molecule has 2 fully saturated rings. The van der Waals surface area contributed by atoms with E-state index in [-0.39, 0.29) is 5.92 Å². The average Bonchev–Trinajstić information content (AvgIpc) is 2.94. The highest BCUT2D eigenvalue weighted by Gasteiger charge is 2.67. The van der Waals surface area contributed by atoms with Crippen molar-refractivity contribution in [2.45, 2.75) is 44.6 Å². The molecule has 0 spiro atoms. The van der Waals surface area contributed by atoms with E-state index >= 15 is 0 Å². The van der Waals surface area contributed by atoms with Gasteiger partial charge in [0.1, 0.15) is 0 Å². The van der Waals surface area contributed by atoms with Gasteiger partial charge < -0.3 is 9.84 Å². The molecule has 0 aromatic rings. The third-order valence-electron chi connectivity index (χ3n) is 4.14. The van der Waals surface area contributed by atoms with Crippen LogP contribution in [0.3, 0.4) is 0 Å². The van der Waals surface area contributed by atoms with E-state index < -0.39 is 35.7 Å². The first-order valence-electron chi connectivity index (χ1n) is 5.66. The summed E-state index contributed by atoms with van der Waals surface area (Å²) in [5.41, 5.74) is -2.34. The Morgan fingerprint density at radius 1 is 1.41 bits per heavy atom. The van der Waals surface area contributed by atoms with Gasteiger partial charge in [-0.25, -0.2) is 4.79 Å². The van der Waals surface area contributed by atoms with Gasteiger partial charge in [-0.15, -0.1) is 0 Å². The zero-order valence-electron chi connectivity index (χ0n) is 9.62. The van der Waals surface area contributed by atoms with Crippen LogP contribution in [0.2, 0.25) is 0 Å². The fourth-order valence-electron chi connectivity index (χ4n) is 2.76. The van der Waals surface area contributed by atoms with E-state index in [0.29, 0.717) is 0 Å². The summed E-state index contributed by atoms with van der Waals surface area (Å²) in [6.07, 6.45) is -4.26. The molecule has 6 heteroatoms. The Kier molecular flexibility index (Phi) is 2.69. The van der Waals surface area contributed by atoms with Crippen LogP contribution >= 0.6 is 0 Å². The summed E-state index contributed by atoms with van der Waals surface area (Å²) in [7, 11) is 0. The number of carboxylic acids is 1. The fourth-order valence-corrected chi connectivity index (χ4v) is 2.76. The highest BCUT2D eigenvalue weighted by molar-refractivity contribution is 5.73. The van der Waals surface area contributed by atoms with E-state index in [1.54, 1.807) is 0 Å². The minimum Gasteiger partial charge on any atom is -0.479 e. The molecule has 1 aliphatic carbocycles. The van der Waals surface area contributed by atoms with Gasteiger partial charge in [0.05, 0.1) is 0 Å². The van der Waals surface area contributed by atoms with Crippen molar-refractivity contribution in [3.63, 3.8) is 0 Å². The van der Waals surface area contributed by atoms with Crippen molar-refractivity contribution in [3.8, 4) is 0 Å². The van der Waals surface area contributed by atoms with Crippen LogP contribution in [0.15, 0.2) is 0 Å². The highest BCUT2D eigenvalue weighted by atomic mass is 19.4. The first-order valence-corrected chi connectivity index (χ1v) is 5.66. The lowest BCUT2D eigenvalue weighted by Gasteiger charge is -2.31. The zero-order valence-corrected chi connectivity index (χ0v) is 9.62. The molecular formula is C11H15F3O3. The quantitative estimate of drug-likeness (QED) is 0.821. The normalized spacial score (nSPS) is 42.8. The van der Waals surface area contributed by atoms with Gasteiger partial charge in [0, 0.05) is 5.92 Å². The summed E-state index contributed by atoms with van der Waals surface area (Å²) < 4.78 is 43.8. The molecule has 17 heavy (non-hydrogen) atoms. The highest BCUT2D eigenvalue weighted by Crippen LogP contribution is 2.56. The Hall–Kier alpha value is -0.780. The van der Waals surface area contributed by atoms with E-state index in [1.165, 1.54) is 6.92 Å². The van der Waals surface area contributed by atoms with Crippen LogP contribution in [-0.4, -0.2) is 29.0 Å². The van der Waals surface area contributed by atoms with Crippen molar-refractivity contribution in [1.82, 2.24) is 0 Å². The summed E-state index contributed by atoms with van der Waals surface area (Å²) in [6, 6.07) is 0. The molecule has 1 heterocycles. The van der Waals surface area contributed by atoms with Crippen LogP contribution < -0.4 is 0 Å². The smallest absolute Gasteiger partial charge is 0.417 e. The third kappa shape index (κ3) is 1.82. The predicted molar refractivity (Wildman–Crippen MR) is 52.3 cm³/mol. The number of carbonyl (C=O) groups is 1. The molecule has 4 atom stereocenters. The first-order chi connectivity index (χ1) is 7.68. The maximum atomic E-state index is 13.0. The number of rotatable bonds is 2. The number of carboxylic acid groups (broad SMARTS) is 1. The second-order valence-corrected chi connectivity index (χ2v) is 5.18. The fraction of sp³-hybridized carbons (Fsp3) is 0.909. The Morgan fingerprint density at radius 3 is 2.29 bits per heavy atom. The van der Waals surface area contributed by atoms with Crippen molar-refractivity contribution >= 4 is 5.97 Å². The maximum absolute atomic E-state index is 13.0. The van der Waals surface area contributed by atoms with Crippen molar-refractivity contribution in [3.05, 3.63) is 0 Å². The van der Waals surface area contributed by atoms with E-state index in [2.05, 4.69) is 0 Å². The van der Waals surface area contributed by atoms with Crippen molar-refractivity contribution in [1.29, 1.82) is 0 Å². The summed E-state index contributed by atoms with van der Waals surface area (Å²) in [6.45, 7) is 2.40. The molecule has 1 saturated carbocycles. The van der Waals surface area contributed by atoms with Gasteiger partial charge in [0.25, 0.3) is 0 Å². The van der Waals surface area contributed by atoms with Crippen molar-refractivity contribution < 1.29 is 27.8 Å². The molecule has 1 N–H and O–H groups in total. The van der Waals surface area contributed by atoms with Crippen LogP contribution in [0, 0.1) is 17.8 Å². The molecule has 2 rings (SSSR count). The minimum absolute atomic E-state index is 0.0651. The second-order valence-electron chi connectivity index (χ2n) is 5.18. The van der Waals surface area contributed by atoms with Gasteiger partial charge in [-0.1, -0.05) is 6.92 Å². The Labute approximate surface area is 96.9 Å². The molecule has 1 saturated heterocycles.